The second-order valence-electron chi connectivity index (χ2n) is 11.0. The van der Waals surface area contributed by atoms with Gasteiger partial charge >= 0.3 is 5.97 Å². The van der Waals surface area contributed by atoms with Crippen LogP contribution in [-0.2, 0) is 29.2 Å². The summed E-state index contributed by atoms with van der Waals surface area (Å²) in [6, 6.07) is 5.38. The van der Waals surface area contributed by atoms with Crippen LogP contribution in [0.3, 0.4) is 0 Å². The van der Waals surface area contributed by atoms with Crippen LogP contribution in [0.2, 0.25) is 0 Å². The Morgan fingerprint density at radius 1 is 1.00 bits per heavy atom. The van der Waals surface area contributed by atoms with Crippen LogP contribution in [0.5, 0.6) is 0 Å². The molecule has 2 rings (SSSR count). The van der Waals surface area contributed by atoms with Gasteiger partial charge in [0.2, 0.25) is 16.0 Å². The van der Waals surface area contributed by atoms with Crippen molar-refractivity contribution in [3.05, 3.63) is 47.4 Å². The molecule has 0 aliphatic rings. The highest BCUT2D eigenvalue weighted by Crippen LogP contribution is 2.32. The van der Waals surface area contributed by atoms with E-state index in [4.69, 9.17) is 30.4 Å². The van der Waals surface area contributed by atoms with Gasteiger partial charge in [0.05, 0.1) is 53.2 Å². The first-order valence-electron chi connectivity index (χ1n) is 14.4. The Balaban J connectivity index is 2.17. The Morgan fingerprint density at radius 3 is 2.17 bits per heavy atom. The Labute approximate surface area is 271 Å². The maximum Gasteiger partial charge on any atom is 0.308 e. The van der Waals surface area contributed by atoms with E-state index in [1.165, 1.54) is 50.4 Å². The summed E-state index contributed by atoms with van der Waals surface area (Å²) < 4.78 is 44.1. The van der Waals surface area contributed by atoms with Gasteiger partial charge in [-0.2, -0.15) is 0 Å². The van der Waals surface area contributed by atoms with Crippen molar-refractivity contribution in [3.8, 4) is 11.3 Å². The molecule has 1 aromatic heterocycles. The molecule has 1 aromatic carbocycles. The van der Waals surface area contributed by atoms with Crippen LogP contribution in [0.25, 0.3) is 17.3 Å². The van der Waals surface area contributed by atoms with Gasteiger partial charge in [-0.25, -0.2) is 36.8 Å². The molecule has 4 unspecified atom stereocenters. The Hall–Kier alpha value is -3.21. The molecule has 0 aliphatic carbocycles. The normalized spacial score (nSPS) is 15.0. The lowest BCUT2D eigenvalue weighted by Crippen LogP contribution is -2.31. The number of nitrogens with zero attached hydrogens (tertiary/aromatic N) is 5. The SMILES string of the molecule is CC(CCC(COC(=O)CC(O)CC(O)/C=C/c1c(-c2ccc(F)cc2)nc(N(C)S(C)(=O)=O)nc1C(C)C)ON(O)O)ON(O)O. The molecule has 0 bridgehead atoms. The number of aromatic nitrogens is 2. The van der Waals surface area contributed by atoms with E-state index < -0.39 is 70.0 Å². The predicted octanol–water partition coefficient (Wildman–Crippen LogP) is 2.42. The lowest BCUT2D eigenvalue weighted by Gasteiger charge is -2.21. The number of aliphatic hydroxyl groups excluding tert-OH is 2. The highest BCUT2D eigenvalue weighted by atomic mass is 32.2. The summed E-state index contributed by atoms with van der Waals surface area (Å²) in [6.45, 7) is 4.67. The van der Waals surface area contributed by atoms with E-state index in [0.717, 1.165) is 10.6 Å². The van der Waals surface area contributed by atoms with Gasteiger partial charge in [-0.1, -0.05) is 26.0 Å². The van der Waals surface area contributed by atoms with Crippen LogP contribution in [0.1, 0.15) is 63.6 Å². The fraction of sp³-hybridized carbons (Fsp3) is 0.536. The molecule has 17 nitrogen and oxygen atoms in total. The Bertz CT molecular complexity index is 1430. The van der Waals surface area contributed by atoms with E-state index >= 15 is 0 Å². The molecule has 6 N–H and O–H groups in total. The van der Waals surface area contributed by atoms with E-state index in [1.807, 2.05) is 13.8 Å². The lowest BCUT2D eigenvalue weighted by molar-refractivity contribution is -0.510. The average molecular weight is 692 g/mol. The first-order chi connectivity index (χ1) is 21.9. The van der Waals surface area contributed by atoms with Crippen LogP contribution in [0, 0.1) is 5.82 Å². The summed E-state index contributed by atoms with van der Waals surface area (Å²) in [7, 11) is -2.42. The summed E-state index contributed by atoms with van der Waals surface area (Å²) in [5.74, 6) is -1.73. The minimum absolute atomic E-state index is 0.0273. The topological polar surface area (TPSA) is 236 Å². The number of carbonyl (C=O) groups is 1. The highest BCUT2D eigenvalue weighted by molar-refractivity contribution is 7.92. The second kappa shape index (κ2) is 18.4. The summed E-state index contributed by atoms with van der Waals surface area (Å²) in [5, 5.41) is 55.4. The smallest absolute Gasteiger partial charge is 0.308 e. The number of hydrogen-bond acceptors (Lipinski definition) is 16. The Morgan fingerprint density at radius 2 is 1.62 bits per heavy atom. The van der Waals surface area contributed by atoms with Crippen molar-refractivity contribution in [3.63, 3.8) is 0 Å². The standard InChI is InChI=1S/C28H42FN5O12S/c1-17(2)26-24(27(19-7-9-20(29)10-8-19)31-28(30-26)32(4)47(5,42)43)13-11-21(35)14-22(36)15-25(37)44-16-23(46-34(40)41)12-6-18(3)45-33(38)39/h7-11,13,17-18,21-23,35-36,38-41H,6,12,14-16H2,1-5H3/b13-11+. The largest absolute Gasteiger partial charge is 0.463 e. The molecular formula is C28H42FN5O12S. The van der Waals surface area contributed by atoms with Gasteiger partial charge in [-0.3, -0.25) is 25.6 Å². The molecule has 0 aliphatic heterocycles. The molecule has 4 atom stereocenters. The Kier molecular flexibility index (Phi) is 15.6. The molecule has 2 aromatic rings. The van der Waals surface area contributed by atoms with E-state index in [9.17, 15) is 27.8 Å². The van der Waals surface area contributed by atoms with Crippen molar-refractivity contribution >= 4 is 28.0 Å². The fourth-order valence-corrected chi connectivity index (χ4v) is 4.59. The number of ether oxygens (including phenoxy) is 1. The zero-order chi connectivity index (χ0) is 35.5. The monoisotopic (exact) mass is 691 g/mol. The molecule has 47 heavy (non-hydrogen) atoms. The van der Waals surface area contributed by atoms with E-state index in [-0.39, 0.29) is 36.8 Å². The van der Waals surface area contributed by atoms with Crippen molar-refractivity contribution in [1.82, 2.24) is 20.7 Å². The molecule has 0 fully saturated rings. The quantitative estimate of drug-likeness (QED) is 0.0916. The van der Waals surface area contributed by atoms with Crippen molar-refractivity contribution in [2.45, 2.75) is 76.8 Å². The number of sulfonamides is 1. The summed E-state index contributed by atoms with van der Waals surface area (Å²) in [5.41, 5.74) is 1.58. The second-order valence-corrected chi connectivity index (χ2v) is 13.0. The van der Waals surface area contributed by atoms with Crippen LogP contribution < -0.4 is 4.31 Å². The van der Waals surface area contributed by atoms with Crippen LogP contribution in [0.4, 0.5) is 10.3 Å². The summed E-state index contributed by atoms with van der Waals surface area (Å²) >= 11 is 0. The zero-order valence-electron chi connectivity index (χ0n) is 26.5. The number of rotatable bonds is 19. The minimum atomic E-state index is -3.72. The highest BCUT2D eigenvalue weighted by Gasteiger charge is 2.24. The first kappa shape index (κ1) is 40.0. The van der Waals surface area contributed by atoms with Gasteiger partial charge in [0.15, 0.2) is 0 Å². The number of hydrogen-bond donors (Lipinski definition) is 6. The van der Waals surface area contributed by atoms with E-state index in [1.54, 1.807) is 0 Å². The van der Waals surface area contributed by atoms with Crippen molar-refractivity contribution in [2.24, 2.45) is 0 Å². The number of carbonyl (C=O) groups excluding carboxylic acids is 1. The van der Waals surface area contributed by atoms with Crippen molar-refractivity contribution < 1.29 is 63.1 Å². The third-order valence-corrected chi connectivity index (χ3v) is 7.81. The molecule has 19 heteroatoms. The average Bonchev–Trinajstić information content (AvgIpc) is 2.95. The van der Waals surface area contributed by atoms with Crippen molar-refractivity contribution in [2.75, 3.05) is 24.2 Å². The first-order valence-corrected chi connectivity index (χ1v) is 16.2. The predicted molar refractivity (Wildman–Crippen MR) is 161 cm³/mol. The van der Waals surface area contributed by atoms with E-state index in [2.05, 4.69) is 14.8 Å². The van der Waals surface area contributed by atoms with Gasteiger partial charge < -0.3 is 14.9 Å². The van der Waals surface area contributed by atoms with Crippen LogP contribution in [0.15, 0.2) is 30.3 Å². The molecule has 0 radical (unpaired) electrons. The maximum atomic E-state index is 13.7. The summed E-state index contributed by atoms with van der Waals surface area (Å²) in [6.07, 6.45) is -1.26. The number of esters is 1. The molecular weight excluding hydrogens is 649 g/mol. The van der Waals surface area contributed by atoms with E-state index in [0.29, 0.717) is 16.8 Å². The summed E-state index contributed by atoms with van der Waals surface area (Å²) in [4.78, 5) is 30.5. The van der Waals surface area contributed by atoms with Crippen LogP contribution in [-0.4, -0.2) is 111 Å². The molecule has 0 spiro atoms. The fourth-order valence-electron chi connectivity index (χ4n) is 4.22. The van der Waals surface area contributed by atoms with Gasteiger partial charge in [-0.15, -0.1) is 0 Å². The van der Waals surface area contributed by atoms with Crippen LogP contribution >= 0.6 is 0 Å². The number of anilines is 1. The molecule has 1 heterocycles. The number of halogens is 1. The molecule has 0 amide bonds. The third kappa shape index (κ3) is 13.8. The van der Waals surface area contributed by atoms with Gasteiger partial charge in [0, 0.05) is 24.6 Å². The molecule has 0 saturated carbocycles. The third-order valence-electron chi connectivity index (χ3n) is 6.65. The zero-order valence-corrected chi connectivity index (χ0v) is 27.4. The minimum Gasteiger partial charge on any atom is -0.463 e. The molecule has 264 valence electrons. The maximum absolute atomic E-state index is 13.7. The van der Waals surface area contributed by atoms with Gasteiger partial charge in [-0.05, 0) is 49.9 Å². The number of aliphatic hydroxyl groups is 2. The number of benzene rings is 1. The van der Waals surface area contributed by atoms with Gasteiger partial charge in [0.1, 0.15) is 18.5 Å². The molecule has 0 saturated heterocycles. The van der Waals surface area contributed by atoms with Gasteiger partial charge in [0.25, 0.3) is 0 Å². The lowest BCUT2D eigenvalue weighted by atomic mass is 9.97. The van der Waals surface area contributed by atoms with Crippen molar-refractivity contribution in [1.29, 1.82) is 0 Å².